The van der Waals surface area contributed by atoms with Crippen LogP contribution < -0.4 is 5.32 Å². The summed E-state index contributed by atoms with van der Waals surface area (Å²) < 4.78 is 5.21. The molecular formula is C24H26N2O3. The molecule has 2 aromatic carbocycles. The average molecular weight is 390 g/mol. The van der Waals surface area contributed by atoms with Gasteiger partial charge in [0, 0.05) is 5.69 Å². The molecule has 0 aromatic heterocycles. The third-order valence-corrected chi connectivity index (χ3v) is 4.64. The van der Waals surface area contributed by atoms with Crippen molar-refractivity contribution in [2.24, 2.45) is 0 Å². The summed E-state index contributed by atoms with van der Waals surface area (Å²) in [6, 6.07) is 15.1. The van der Waals surface area contributed by atoms with Gasteiger partial charge in [0.15, 0.2) is 6.10 Å². The Morgan fingerprint density at radius 1 is 1.03 bits per heavy atom. The molecule has 0 radical (unpaired) electrons. The fourth-order valence-electron chi connectivity index (χ4n) is 2.79. The predicted molar refractivity (Wildman–Crippen MR) is 114 cm³/mol. The van der Waals surface area contributed by atoms with Gasteiger partial charge in [0.1, 0.15) is 11.6 Å². The molecule has 0 spiro atoms. The van der Waals surface area contributed by atoms with Crippen molar-refractivity contribution >= 4 is 23.6 Å². The van der Waals surface area contributed by atoms with Crippen LogP contribution >= 0.6 is 0 Å². The number of hydrogen-bond acceptors (Lipinski definition) is 4. The van der Waals surface area contributed by atoms with E-state index in [4.69, 9.17) is 4.74 Å². The predicted octanol–water partition coefficient (Wildman–Crippen LogP) is 4.90. The summed E-state index contributed by atoms with van der Waals surface area (Å²) in [6.07, 6.45) is 0.421. The minimum atomic E-state index is -1.04. The number of carbonyl (C=O) groups excluding carboxylic acids is 2. The SMILES string of the molecule is Cc1cccc(C)c1NC(=O)[C@@H](C)OC(=O)/C(C#N)=C/c1ccc(C(C)C)cc1. The van der Waals surface area contributed by atoms with Crippen molar-refractivity contribution in [1.29, 1.82) is 5.26 Å². The molecule has 0 aliphatic heterocycles. The molecule has 5 heteroatoms. The number of nitrogens with zero attached hydrogens (tertiary/aromatic N) is 1. The van der Waals surface area contributed by atoms with Gasteiger partial charge in [-0.3, -0.25) is 4.79 Å². The molecule has 1 N–H and O–H groups in total. The zero-order valence-corrected chi connectivity index (χ0v) is 17.4. The van der Waals surface area contributed by atoms with Gasteiger partial charge in [-0.1, -0.05) is 56.3 Å². The molecule has 0 unspecified atom stereocenters. The first-order chi connectivity index (χ1) is 13.7. The normalized spacial score (nSPS) is 12.2. The molecular weight excluding hydrogens is 364 g/mol. The molecule has 29 heavy (non-hydrogen) atoms. The van der Waals surface area contributed by atoms with Crippen molar-refractivity contribution in [3.05, 3.63) is 70.3 Å². The van der Waals surface area contributed by atoms with Crippen molar-refractivity contribution in [1.82, 2.24) is 0 Å². The topological polar surface area (TPSA) is 79.2 Å². The van der Waals surface area contributed by atoms with Crippen LogP contribution in [0.1, 0.15) is 48.9 Å². The number of anilines is 1. The Labute approximate surface area is 172 Å². The van der Waals surface area contributed by atoms with Crippen LogP contribution in [0.4, 0.5) is 5.69 Å². The molecule has 0 fully saturated rings. The molecule has 1 atom stereocenters. The lowest BCUT2D eigenvalue weighted by Gasteiger charge is -2.16. The van der Waals surface area contributed by atoms with Crippen molar-refractivity contribution in [2.75, 3.05) is 5.32 Å². The van der Waals surface area contributed by atoms with E-state index in [1.54, 1.807) is 0 Å². The van der Waals surface area contributed by atoms with Crippen LogP contribution in [0.25, 0.3) is 6.08 Å². The van der Waals surface area contributed by atoms with Crippen LogP contribution in [0.15, 0.2) is 48.0 Å². The fraction of sp³-hybridized carbons (Fsp3) is 0.292. The highest BCUT2D eigenvalue weighted by Crippen LogP contribution is 2.20. The lowest BCUT2D eigenvalue weighted by Crippen LogP contribution is -2.30. The largest absolute Gasteiger partial charge is 0.448 e. The van der Waals surface area contributed by atoms with Gasteiger partial charge in [0.25, 0.3) is 5.91 Å². The maximum absolute atomic E-state index is 12.4. The van der Waals surface area contributed by atoms with E-state index in [2.05, 4.69) is 19.2 Å². The van der Waals surface area contributed by atoms with E-state index in [-0.39, 0.29) is 5.57 Å². The second-order valence-electron chi connectivity index (χ2n) is 7.29. The number of carbonyl (C=O) groups is 2. The standard InChI is InChI=1S/C24H26N2O3/c1-15(2)20-11-9-19(10-12-20)13-21(14-25)24(28)29-18(5)23(27)26-22-16(3)7-6-8-17(22)4/h6-13,15,18H,1-5H3,(H,26,27)/b21-13+/t18-/m1/s1. The summed E-state index contributed by atoms with van der Waals surface area (Å²) in [5.41, 5.74) is 4.25. The summed E-state index contributed by atoms with van der Waals surface area (Å²) in [6.45, 7) is 9.44. The van der Waals surface area contributed by atoms with Crippen LogP contribution in [-0.2, 0) is 14.3 Å². The Morgan fingerprint density at radius 2 is 1.62 bits per heavy atom. The van der Waals surface area contributed by atoms with E-state index in [0.29, 0.717) is 11.6 Å². The van der Waals surface area contributed by atoms with Gasteiger partial charge < -0.3 is 10.1 Å². The van der Waals surface area contributed by atoms with Gasteiger partial charge >= 0.3 is 5.97 Å². The molecule has 0 aliphatic carbocycles. The van der Waals surface area contributed by atoms with E-state index in [9.17, 15) is 14.9 Å². The Balaban J connectivity index is 2.08. The number of benzene rings is 2. The highest BCUT2D eigenvalue weighted by Gasteiger charge is 2.21. The first-order valence-corrected chi connectivity index (χ1v) is 9.52. The van der Waals surface area contributed by atoms with Crippen LogP contribution in [0.2, 0.25) is 0 Å². The molecule has 150 valence electrons. The monoisotopic (exact) mass is 390 g/mol. The second kappa shape index (κ2) is 9.70. The number of aryl methyl sites for hydroxylation is 2. The number of amides is 1. The maximum atomic E-state index is 12.4. The third kappa shape index (κ3) is 5.79. The number of nitrogens with one attached hydrogen (secondary N) is 1. The Hall–Kier alpha value is -3.39. The van der Waals surface area contributed by atoms with Crippen LogP contribution in [0.3, 0.4) is 0 Å². The number of ether oxygens (including phenoxy) is 1. The summed E-state index contributed by atoms with van der Waals surface area (Å²) in [5, 5.41) is 12.1. The molecule has 0 saturated heterocycles. The van der Waals surface area contributed by atoms with Gasteiger partial charge in [-0.2, -0.15) is 5.26 Å². The number of nitriles is 1. The Bertz CT molecular complexity index is 946. The lowest BCUT2D eigenvalue weighted by atomic mass is 10.0. The highest BCUT2D eigenvalue weighted by molar-refractivity contribution is 6.01. The smallest absolute Gasteiger partial charge is 0.349 e. The molecule has 0 heterocycles. The van der Waals surface area contributed by atoms with Gasteiger partial charge in [-0.25, -0.2) is 4.79 Å². The van der Waals surface area contributed by atoms with Crippen LogP contribution in [0.5, 0.6) is 0 Å². The lowest BCUT2D eigenvalue weighted by molar-refractivity contribution is -0.148. The van der Waals surface area contributed by atoms with E-state index in [0.717, 1.165) is 16.7 Å². The summed E-state index contributed by atoms with van der Waals surface area (Å²) in [7, 11) is 0. The summed E-state index contributed by atoms with van der Waals surface area (Å²) in [4.78, 5) is 24.8. The van der Waals surface area contributed by atoms with E-state index < -0.39 is 18.0 Å². The minimum Gasteiger partial charge on any atom is -0.448 e. The van der Waals surface area contributed by atoms with E-state index in [1.807, 2.05) is 62.4 Å². The fourth-order valence-corrected chi connectivity index (χ4v) is 2.79. The van der Waals surface area contributed by atoms with Crippen molar-refractivity contribution in [2.45, 2.75) is 46.6 Å². The first kappa shape index (κ1) is 21.9. The number of esters is 1. The van der Waals surface area contributed by atoms with Crippen molar-refractivity contribution in [3.63, 3.8) is 0 Å². The quantitative estimate of drug-likeness (QED) is 0.432. The molecule has 1 amide bonds. The molecule has 0 bridgehead atoms. The van der Waals surface area contributed by atoms with Gasteiger partial charge in [0.2, 0.25) is 0 Å². The highest BCUT2D eigenvalue weighted by atomic mass is 16.5. The Kier molecular flexibility index (Phi) is 7.33. The number of rotatable bonds is 6. The van der Waals surface area contributed by atoms with Gasteiger partial charge in [-0.05, 0) is 55.0 Å². The van der Waals surface area contributed by atoms with Crippen molar-refractivity contribution in [3.8, 4) is 6.07 Å². The maximum Gasteiger partial charge on any atom is 0.349 e. The first-order valence-electron chi connectivity index (χ1n) is 9.52. The zero-order chi connectivity index (χ0) is 21.6. The molecule has 2 rings (SSSR count). The molecule has 2 aromatic rings. The van der Waals surface area contributed by atoms with E-state index in [1.165, 1.54) is 18.6 Å². The molecule has 5 nitrogen and oxygen atoms in total. The van der Waals surface area contributed by atoms with Gasteiger partial charge in [0.05, 0.1) is 0 Å². The minimum absolute atomic E-state index is 0.158. The summed E-state index contributed by atoms with van der Waals surface area (Å²) in [5.74, 6) is -0.886. The third-order valence-electron chi connectivity index (χ3n) is 4.64. The van der Waals surface area contributed by atoms with Crippen LogP contribution in [-0.4, -0.2) is 18.0 Å². The van der Waals surface area contributed by atoms with E-state index >= 15 is 0 Å². The second-order valence-corrected chi connectivity index (χ2v) is 7.29. The molecule has 0 saturated carbocycles. The van der Waals surface area contributed by atoms with Gasteiger partial charge in [-0.15, -0.1) is 0 Å². The van der Waals surface area contributed by atoms with Crippen LogP contribution in [0, 0.1) is 25.2 Å². The number of hydrogen-bond donors (Lipinski definition) is 1. The molecule has 0 aliphatic rings. The average Bonchev–Trinajstić information content (AvgIpc) is 2.69. The Morgan fingerprint density at radius 3 is 2.14 bits per heavy atom. The number of para-hydroxylation sites is 1. The van der Waals surface area contributed by atoms with Crippen molar-refractivity contribution < 1.29 is 14.3 Å². The zero-order valence-electron chi connectivity index (χ0n) is 17.4. The summed E-state index contributed by atoms with van der Waals surface area (Å²) >= 11 is 0.